The van der Waals surface area contributed by atoms with E-state index in [1.54, 1.807) is 18.9 Å². The number of benzene rings is 2. The van der Waals surface area contributed by atoms with Gasteiger partial charge in [-0.05, 0) is 67.4 Å². The highest BCUT2D eigenvalue weighted by atomic mass is 79.9. The molecular formula is C18H20BrNOS. The van der Waals surface area contributed by atoms with Crippen LogP contribution in [0.1, 0.15) is 11.1 Å². The van der Waals surface area contributed by atoms with Gasteiger partial charge in [0.05, 0.1) is 12.0 Å². The maximum Gasteiger partial charge on any atom is 0.133 e. The highest BCUT2D eigenvalue weighted by Gasteiger charge is 2.15. The molecule has 1 heterocycles. The zero-order valence-corrected chi connectivity index (χ0v) is 15.3. The van der Waals surface area contributed by atoms with Crippen LogP contribution in [0.4, 0.5) is 0 Å². The summed E-state index contributed by atoms with van der Waals surface area (Å²) < 4.78 is 6.74. The number of nitrogens with zero attached hydrogens (tertiary/aromatic N) is 1. The molecule has 0 amide bonds. The van der Waals surface area contributed by atoms with Crippen LogP contribution in [-0.4, -0.2) is 32.1 Å². The maximum absolute atomic E-state index is 5.63. The first-order chi connectivity index (χ1) is 10.7. The van der Waals surface area contributed by atoms with Gasteiger partial charge >= 0.3 is 0 Å². The fourth-order valence-electron chi connectivity index (χ4n) is 2.71. The average Bonchev–Trinajstić information content (AvgIpc) is 2.71. The first kappa shape index (κ1) is 15.9. The van der Waals surface area contributed by atoms with Gasteiger partial charge in [0.2, 0.25) is 0 Å². The number of halogens is 1. The molecule has 0 aliphatic carbocycles. The molecule has 2 nitrogen and oxygen atoms in total. The Hall–Kier alpha value is -0.970. The van der Waals surface area contributed by atoms with Crippen molar-refractivity contribution in [2.75, 3.05) is 27.2 Å². The third kappa shape index (κ3) is 3.67. The molecule has 0 bridgehead atoms. The summed E-state index contributed by atoms with van der Waals surface area (Å²) in [6, 6.07) is 13.0. The minimum atomic E-state index is 0.983. The molecule has 4 heteroatoms. The van der Waals surface area contributed by atoms with Crippen molar-refractivity contribution in [2.24, 2.45) is 0 Å². The van der Waals surface area contributed by atoms with E-state index < -0.39 is 0 Å². The van der Waals surface area contributed by atoms with Gasteiger partial charge < -0.3 is 9.64 Å². The first-order valence-electron chi connectivity index (χ1n) is 7.47. The van der Waals surface area contributed by atoms with Crippen LogP contribution in [0.25, 0.3) is 0 Å². The van der Waals surface area contributed by atoms with Gasteiger partial charge in [0.1, 0.15) is 5.75 Å². The van der Waals surface area contributed by atoms with Gasteiger partial charge in [0, 0.05) is 22.5 Å². The Kier molecular flexibility index (Phi) is 5.11. The second kappa shape index (κ2) is 7.07. The third-order valence-corrected chi connectivity index (χ3v) is 5.63. The van der Waals surface area contributed by atoms with E-state index in [0.717, 1.165) is 36.2 Å². The van der Waals surface area contributed by atoms with E-state index in [-0.39, 0.29) is 0 Å². The zero-order chi connectivity index (χ0) is 15.5. The Morgan fingerprint density at radius 3 is 2.32 bits per heavy atom. The Labute approximate surface area is 145 Å². The molecule has 0 aromatic heterocycles. The second-order valence-electron chi connectivity index (χ2n) is 5.63. The van der Waals surface area contributed by atoms with E-state index in [1.807, 2.05) is 0 Å². The van der Waals surface area contributed by atoms with Crippen molar-refractivity contribution < 1.29 is 4.74 Å². The molecule has 0 spiro atoms. The van der Waals surface area contributed by atoms with E-state index in [4.69, 9.17) is 4.74 Å². The molecule has 2 aromatic carbocycles. The smallest absolute Gasteiger partial charge is 0.133 e. The Morgan fingerprint density at radius 2 is 1.68 bits per heavy atom. The molecular weight excluding hydrogens is 358 g/mol. The number of hydrogen-bond acceptors (Lipinski definition) is 3. The van der Waals surface area contributed by atoms with Crippen LogP contribution in [0.5, 0.6) is 5.75 Å². The van der Waals surface area contributed by atoms with Crippen LogP contribution in [-0.2, 0) is 12.8 Å². The summed E-state index contributed by atoms with van der Waals surface area (Å²) in [5.41, 5.74) is 2.89. The minimum absolute atomic E-state index is 0.983. The molecule has 0 unspecified atom stereocenters. The van der Waals surface area contributed by atoms with Gasteiger partial charge in [-0.1, -0.05) is 27.7 Å². The van der Waals surface area contributed by atoms with Crippen molar-refractivity contribution >= 4 is 27.7 Å². The monoisotopic (exact) mass is 377 g/mol. The van der Waals surface area contributed by atoms with Crippen molar-refractivity contribution in [3.8, 4) is 5.75 Å². The van der Waals surface area contributed by atoms with Crippen LogP contribution < -0.4 is 4.74 Å². The lowest BCUT2D eigenvalue weighted by Crippen LogP contribution is -2.20. The Balaban J connectivity index is 1.91. The van der Waals surface area contributed by atoms with Crippen molar-refractivity contribution in [3.63, 3.8) is 0 Å². The summed E-state index contributed by atoms with van der Waals surface area (Å²) in [6.45, 7) is 2.25. The second-order valence-corrected chi connectivity index (χ2v) is 7.66. The SMILES string of the molecule is COc1cc2c(cc1Sc1ccc(Br)cc1)CCN(C)CC2. The summed E-state index contributed by atoms with van der Waals surface area (Å²) in [7, 11) is 3.96. The highest BCUT2D eigenvalue weighted by Crippen LogP contribution is 2.38. The number of ether oxygens (including phenoxy) is 1. The average molecular weight is 378 g/mol. The summed E-state index contributed by atoms with van der Waals surface area (Å²) >= 11 is 5.25. The van der Waals surface area contributed by atoms with Crippen LogP contribution in [0, 0.1) is 0 Å². The lowest BCUT2D eigenvalue weighted by atomic mass is 10.0. The summed E-state index contributed by atoms with van der Waals surface area (Å²) in [5.74, 6) is 0.983. The summed E-state index contributed by atoms with van der Waals surface area (Å²) in [4.78, 5) is 4.83. The number of rotatable bonds is 3. The van der Waals surface area contributed by atoms with Gasteiger partial charge in [-0.2, -0.15) is 0 Å². The van der Waals surface area contributed by atoms with Gasteiger partial charge in [-0.25, -0.2) is 0 Å². The lowest BCUT2D eigenvalue weighted by molar-refractivity contribution is 0.352. The molecule has 2 aromatic rings. The fourth-order valence-corrected chi connectivity index (χ4v) is 3.95. The molecule has 0 N–H and O–H groups in total. The molecule has 1 aliphatic rings. The van der Waals surface area contributed by atoms with Gasteiger partial charge in [0.25, 0.3) is 0 Å². The number of methoxy groups -OCH3 is 1. The van der Waals surface area contributed by atoms with Crippen LogP contribution >= 0.6 is 27.7 Å². The molecule has 116 valence electrons. The summed E-state index contributed by atoms with van der Waals surface area (Å²) in [6.07, 6.45) is 2.22. The number of likely N-dealkylation sites (N-methyl/N-ethyl adjacent to an activating group) is 1. The Morgan fingerprint density at radius 1 is 1.05 bits per heavy atom. The van der Waals surface area contributed by atoms with Gasteiger partial charge in [0.15, 0.2) is 0 Å². The molecule has 1 aliphatic heterocycles. The zero-order valence-electron chi connectivity index (χ0n) is 12.9. The molecule has 0 saturated heterocycles. The standard InChI is InChI=1S/C18H20BrNOS/c1-20-9-7-13-11-17(21-2)18(12-14(13)8-10-20)22-16-5-3-15(19)4-6-16/h3-6,11-12H,7-10H2,1-2H3. The van der Waals surface area contributed by atoms with Crippen molar-refractivity contribution in [3.05, 3.63) is 52.0 Å². The van der Waals surface area contributed by atoms with E-state index in [9.17, 15) is 0 Å². The van der Waals surface area contributed by atoms with Crippen LogP contribution in [0.2, 0.25) is 0 Å². The normalized spacial score (nSPS) is 15.2. The highest BCUT2D eigenvalue weighted by molar-refractivity contribution is 9.10. The quantitative estimate of drug-likeness (QED) is 0.772. The van der Waals surface area contributed by atoms with E-state index in [2.05, 4.69) is 64.3 Å². The predicted molar refractivity (Wildman–Crippen MR) is 96.2 cm³/mol. The van der Waals surface area contributed by atoms with Crippen molar-refractivity contribution in [2.45, 2.75) is 22.6 Å². The van der Waals surface area contributed by atoms with Crippen LogP contribution in [0.3, 0.4) is 0 Å². The maximum atomic E-state index is 5.63. The summed E-state index contributed by atoms with van der Waals surface area (Å²) in [5, 5.41) is 0. The first-order valence-corrected chi connectivity index (χ1v) is 9.08. The van der Waals surface area contributed by atoms with Crippen molar-refractivity contribution in [1.29, 1.82) is 0 Å². The predicted octanol–water partition coefficient (Wildman–Crippen LogP) is 4.64. The van der Waals surface area contributed by atoms with E-state index >= 15 is 0 Å². The fraction of sp³-hybridized carbons (Fsp3) is 0.333. The minimum Gasteiger partial charge on any atom is -0.496 e. The molecule has 0 atom stereocenters. The molecule has 0 radical (unpaired) electrons. The number of hydrogen-bond donors (Lipinski definition) is 0. The molecule has 0 saturated carbocycles. The molecule has 22 heavy (non-hydrogen) atoms. The van der Waals surface area contributed by atoms with Crippen LogP contribution in [0.15, 0.2) is 50.7 Å². The van der Waals surface area contributed by atoms with Gasteiger partial charge in [-0.3, -0.25) is 0 Å². The third-order valence-electron chi connectivity index (χ3n) is 4.05. The van der Waals surface area contributed by atoms with Gasteiger partial charge in [-0.15, -0.1) is 0 Å². The molecule has 0 fully saturated rings. The lowest BCUT2D eigenvalue weighted by Gasteiger charge is -2.13. The number of fused-ring (bicyclic) bond motifs is 1. The topological polar surface area (TPSA) is 12.5 Å². The largest absolute Gasteiger partial charge is 0.496 e. The molecule has 3 rings (SSSR count). The van der Waals surface area contributed by atoms with Crippen molar-refractivity contribution in [1.82, 2.24) is 4.90 Å². The van der Waals surface area contributed by atoms with E-state index in [0.29, 0.717) is 0 Å². The Bertz CT molecular complexity index is 657. The van der Waals surface area contributed by atoms with E-state index in [1.165, 1.54) is 20.9 Å².